The van der Waals surface area contributed by atoms with Crippen molar-refractivity contribution in [3.63, 3.8) is 0 Å². The van der Waals surface area contributed by atoms with Crippen molar-refractivity contribution in [1.29, 1.82) is 0 Å². The molecule has 1 N–H and O–H groups in total. The van der Waals surface area contributed by atoms with Crippen molar-refractivity contribution in [2.45, 2.75) is 48.7 Å². The Hall–Kier alpha value is -0.870. The maximum Gasteiger partial charge on any atom is 0.254 e. The van der Waals surface area contributed by atoms with Crippen LogP contribution in [0.2, 0.25) is 0 Å². The first-order valence-corrected chi connectivity index (χ1v) is 7.80. The molecule has 1 aromatic rings. The summed E-state index contributed by atoms with van der Waals surface area (Å²) in [6.07, 6.45) is 3.44. The highest BCUT2D eigenvalue weighted by molar-refractivity contribution is 9.09. The topological polar surface area (TPSA) is 40.5 Å². The minimum absolute atomic E-state index is 0.0374. The maximum absolute atomic E-state index is 12.7. The lowest BCUT2D eigenvalue weighted by molar-refractivity contribution is -0.0286. The minimum Gasteiger partial charge on any atom is -0.390 e. The zero-order valence-corrected chi connectivity index (χ0v) is 12.3. The van der Waals surface area contributed by atoms with Crippen molar-refractivity contribution in [3.8, 4) is 0 Å². The average Bonchev–Trinajstić information content (AvgIpc) is 2.45. The summed E-state index contributed by atoms with van der Waals surface area (Å²) in [6, 6.07) is 9.61. The van der Waals surface area contributed by atoms with Crippen LogP contribution >= 0.6 is 15.9 Å². The van der Waals surface area contributed by atoms with E-state index in [4.69, 9.17) is 0 Å². The van der Waals surface area contributed by atoms with Crippen LogP contribution < -0.4 is 0 Å². The molecule has 19 heavy (non-hydrogen) atoms. The van der Waals surface area contributed by atoms with Gasteiger partial charge in [0.2, 0.25) is 0 Å². The monoisotopic (exact) mass is 323 g/mol. The summed E-state index contributed by atoms with van der Waals surface area (Å²) in [7, 11) is 0. The van der Waals surface area contributed by atoms with Crippen molar-refractivity contribution < 1.29 is 9.90 Å². The number of carbonyl (C=O) groups is 1. The lowest BCUT2D eigenvalue weighted by atomic mass is 9.82. The van der Waals surface area contributed by atoms with E-state index < -0.39 is 6.10 Å². The van der Waals surface area contributed by atoms with Gasteiger partial charge in [-0.2, -0.15) is 0 Å². The van der Waals surface area contributed by atoms with Crippen molar-refractivity contribution in [3.05, 3.63) is 35.9 Å². The van der Waals surface area contributed by atoms with Crippen LogP contribution in [0.1, 0.15) is 36.0 Å². The second-order valence-corrected chi connectivity index (χ2v) is 6.65. The number of amides is 1. The van der Waals surface area contributed by atoms with E-state index in [2.05, 4.69) is 15.9 Å². The van der Waals surface area contributed by atoms with E-state index >= 15 is 0 Å². The van der Waals surface area contributed by atoms with Gasteiger partial charge in [0, 0.05) is 16.4 Å². The van der Waals surface area contributed by atoms with E-state index in [0.29, 0.717) is 0 Å². The van der Waals surface area contributed by atoms with Gasteiger partial charge in [0.1, 0.15) is 0 Å². The Morgan fingerprint density at radius 3 is 2.74 bits per heavy atom. The fraction of sp³-hybridized carbons (Fsp3) is 0.533. The number of hydrogen-bond acceptors (Lipinski definition) is 2. The second-order valence-electron chi connectivity index (χ2n) is 5.47. The van der Waals surface area contributed by atoms with Crippen LogP contribution in [0.25, 0.3) is 0 Å². The third-order valence-corrected chi connectivity index (χ3v) is 5.22. The van der Waals surface area contributed by atoms with Gasteiger partial charge in [-0.25, -0.2) is 0 Å². The molecule has 0 radical (unpaired) electrons. The van der Waals surface area contributed by atoms with Gasteiger partial charge in [0.25, 0.3) is 5.91 Å². The van der Waals surface area contributed by atoms with Crippen molar-refractivity contribution in [1.82, 2.24) is 4.90 Å². The van der Waals surface area contributed by atoms with Gasteiger partial charge in [-0.3, -0.25) is 4.79 Å². The third kappa shape index (κ3) is 2.32. The van der Waals surface area contributed by atoms with Crippen LogP contribution in [-0.4, -0.2) is 38.9 Å². The number of hydrogen-bond donors (Lipinski definition) is 1. The molecule has 102 valence electrons. The normalized spacial score (nSPS) is 34.1. The molecule has 1 amide bonds. The lowest BCUT2D eigenvalue weighted by Gasteiger charge is -2.50. The van der Waals surface area contributed by atoms with Gasteiger partial charge in [0.15, 0.2) is 0 Å². The summed E-state index contributed by atoms with van der Waals surface area (Å²) in [6.45, 7) is 0. The molecule has 2 heterocycles. The summed E-state index contributed by atoms with van der Waals surface area (Å²) in [5, 5.41) is 10.3. The maximum atomic E-state index is 12.7. The predicted molar refractivity (Wildman–Crippen MR) is 77.4 cm³/mol. The van der Waals surface area contributed by atoms with Gasteiger partial charge in [-0.05, 0) is 37.8 Å². The van der Waals surface area contributed by atoms with Gasteiger partial charge in [-0.15, -0.1) is 0 Å². The summed E-state index contributed by atoms with van der Waals surface area (Å²) in [5.41, 5.74) is 0.722. The fourth-order valence-corrected chi connectivity index (χ4v) is 4.15. The molecule has 3 nitrogen and oxygen atoms in total. The predicted octanol–water partition coefficient (Wildman–Crippen LogP) is 2.58. The third-order valence-electron chi connectivity index (χ3n) is 4.31. The van der Waals surface area contributed by atoms with Crippen LogP contribution in [0.4, 0.5) is 0 Å². The van der Waals surface area contributed by atoms with Crippen LogP contribution in [-0.2, 0) is 0 Å². The van der Waals surface area contributed by atoms with Crippen LogP contribution in [0.3, 0.4) is 0 Å². The fourth-order valence-electron chi connectivity index (χ4n) is 3.36. The Balaban J connectivity index is 1.89. The number of aliphatic hydroxyl groups is 1. The van der Waals surface area contributed by atoms with Crippen LogP contribution in [0, 0.1) is 0 Å². The molecule has 3 rings (SSSR count). The molecule has 0 saturated carbocycles. The number of nitrogens with zero attached hydrogens (tertiary/aromatic N) is 1. The Morgan fingerprint density at radius 1 is 1.26 bits per heavy atom. The van der Waals surface area contributed by atoms with E-state index in [1.54, 1.807) is 0 Å². The highest BCUT2D eigenvalue weighted by Crippen LogP contribution is 2.37. The number of rotatable bonds is 1. The molecule has 2 saturated heterocycles. The lowest BCUT2D eigenvalue weighted by Crippen LogP contribution is -2.61. The molecular weight excluding hydrogens is 306 g/mol. The molecule has 2 aliphatic rings. The molecule has 4 atom stereocenters. The first-order valence-electron chi connectivity index (χ1n) is 6.88. The van der Waals surface area contributed by atoms with E-state index in [1.165, 1.54) is 0 Å². The van der Waals surface area contributed by atoms with Gasteiger partial charge < -0.3 is 10.0 Å². The van der Waals surface area contributed by atoms with Crippen LogP contribution in [0.5, 0.6) is 0 Å². The largest absolute Gasteiger partial charge is 0.390 e. The minimum atomic E-state index is -0.454. The van der Waals surface area contributed by atoms with Gasteiger partial charge >= 0.3 is 0 Å². The standard InChI is InChI=1S/C15H18BrNO2/c16-12-9-11-7-4-8-13(14(12)18)17(11)15(19)10-5-2-1-3-6-10/h1-3,5-6,11-14,18H,4,7-9H2. The molecule has 2 bridgehead atoms. The molecule has 0 spiro atoms. The van der Waals surface area contributed by atoms with Crippen molar-refractivity contribution in [2.75, 3.05) is 0 Å². The summed E-state index contributed by atoms with van der Waals surface area (Å²) >= 11 is 3.55. The molecule has 4 heteroatoms. The number of benzene rings is 1. The molecule has 2 fully saturated rings. The Morgan fingerprint density at radius 2 is 2.00 bits per heavy atom. The molecule has 4 unspecified atom stereocenters. The summed E-state index contributed by atoms with van der Waals surface area (Å²) < 4.78 is 0. The van der Waals surface area contributed by atoms with Crippen molar-refractivity contribution in [2.24, 2.45) is 0 Å². The van der Waals surface area contributed by atoms with E-state index in [1.807, 2.05) is 35.2 Å². The van der Waals surface area contributed by atoms with Crippen LogP contribution in [0.15, 0.2) is 30.3 Å². The SMILES string of the molecule is O=C(c1ccccc1)N1C2CCCC1C(O)C(Br)C2. The summed E-state index contributed by atoms with van der Waals surface area (Å²) in [5.74, 6) is 0.0637. The zero-order chi connectivity index (χ0) is 13.4. The first-order chi connectivity index (χ1) is 9.18. The smallest absolute Gasteiger partial charge is 0.254 e. The second kappa shape index (κ2) is 5.25. The Bertz CT molecular complexity index is 464. The number of carbonyl (C=O) groups excluding carboxylic acids is 1. The average molecular weight is 324 g/mol. The summed E-state index contributed by atoms with van der Waals surface area (Å²) in [4.78, 5) is 14.7. The molecule has 2 aliphatic heterocycles. The zero-order valence-electron chi connectivity index (χ0n) is 10.7. The Kier molecular flexibility index (Phi) is 3.63. The number of alkyl halides is 1. The number of aliphatic hydroxyl groups excluding tert-OH is 1. The van der Waals surface area contributed by atoms with E-state index in [9.17, 15) is 9.90 Å². The number of piperidine rings is 2. The molecular formula is C15H18BrNO2. The van der Waals surface area contributed by atoms with E-state index in [-0.39, 0.29) is 22.8 Å². The molecule has 0 aromatic heterocycles. The number of halogens is 1. The van der Waals surface area contributed by atoms with Gasteiger partial charge in [0.05, 0.1) is 12.1 Å². The molecule has 1 aromatic carbocycles. The highest BCUT2D eigenvalue weighted by atomic mass is 79.9. The van der Waals surface area contributed by atoms with E-state index in [0.717, 1.165) is 31.2 Å². The quantitative estimate of drug-likeness (QED) is 0.807. The molecule has 0 aliphatic carbocycles. The Labute approximate surface area is 121 Å². The van der Waals surface area contributed by atoms with Crippen molar-refractivity contribution >= 4 is 21.8 Å². The number of fused-ring (bicyclic) bond motifs is 2. The highest BCUT2D eigenvalue weighted by Gasteiger charge is 2.45. The van der Waals surface area contributed by atoms with Gasteiger partial charge in [-0.1, -0.05) is 34.1 Å². The first kappa shape index (κ1) is 13.1.